The predicted molar refractivity (Wildman–Crippen MR) is 51.6 cm³/mol. The highest BCUT2D eigenvalue weighted by Crippen LogP contribution is 2.51. The number of carbonyl (C=O) groups excluding carboxylic acids is 2. The molecule has 1 aliphatic rings. The van der Waals surface area contributed by atoms with Gasteiger partial charge >= 0.3 is 6.03 Å². The lowest BCUT2D eigenvalue weighted by atomic mass is 10.6. The zero-order valence-corrected chi connectivity index (χ0v) is 9.37. The lowest BCUT2D eigenvalue weighted by Gasteiger charge is -2.20. The predicted octanol–water partition coefficient (Wildman–Crippen LogP) is 0.0704. The number of urea groups is 1. The summed E-state index contributed by atoms with van der Waals surface area (Å²) in [6.45, 7) is 1.83. The number of nitrogens with one attached hydrogen (secondary N) is 2. The summed E-state index contributed by atoms with van der Waals surface area (Å²) in [5, 5.41) is 4.24. The van der Waals surface area contributed by atoms with Gasteiger partial charge in [0.05, 0.1) is 6.61 Å². The number of amides is 3. The smallest absolute Gasteiger partial charge is 0.322 e. The number of ether oxygens (including phenoxy) is 1. The fraction of sp³-hybridized carbons (Fsp3) is 0.714. The maximum atomic E-state index is 12.1. The van der Waals surface area contributed by atoms with Crippen LogP contribution in [0.4, 0.5) is 4.79 Å². The molecule has 0 bridgehead atoms. The second kappa shape index (κ2) is 4.74. The van der Waals surface area contributed by atoms with Crippen LogP contribution >= 0.6 is 7.37 Å². The first kappa shape index (κ1) is 12.2. The van der Waals surface area contributed by atoms with Gasteiger partial charge in [-0.3, -0.25) is 14.7 Å². The van der Waals surface area contributed by atoms with Crippen molar-refractivity contribution in [3.05, 3.63) is 0 Å². The molecule has 0 aromatic carbocycles. The van der Waals surface area contributed by atoms with Gasteiger partial charge in [-0.05, 0) is 6.92 Å². The van der Waals surface area contributed by atoms with Crippen LogP contribution in [0.1, 0.15) is 6.92 Å². The van der Waals surface area contributed by atoms with E-state index in [0.717, 1.165) is 0 Å². The van der Waals surface area contributed by atoms with Crippen molar-refractivity contribution in [3.63, 3.8) is 0 Å². The van der Waals surface area contributed by atoms with Crippen LogP contribution in [0.3, 0.4) is 0 Å². The average molecular weight is 236 g/mol. The Morgan fingerprint density at radius 3 is 2.53 bits per heavy atom. The summed E-state index contributed by atoms with van der Waals surface area (Å²) in [5.74, 6) is -1.79. The highest BCUT2D eigenvalue weighted by Gasteiger charge is 2.45. The molecule has 7 nitrogen and oxygen atoms in total. The van der Waals surface area contributed by atoms with Crippen molar-refractivity contribution in [2.45, 2.75) is 12.7 Å². The molecule has 15 heavy (non-hydrogen) atoms. The van der Waals surface area contributed by atoms with Crippen LogP contribution in [-0.2, 0) is 18.6 Å². The third-order valence-corrected chi connectivity index (χ3v) is 4.27. The van der Waals surface area contributed by atoms with E-state index in [1.54, 1.807) is 6.92 Å². The van der Waals surface area contributed by atoms with E-state index in [1.807, 2.05) is 5.32 Å². The molecule has 1 aliphatic heterocycles. The summed E-state index contributed by atoms with van der Waals surface area (Å²) < 4.78 is 21.9. The van der Waals surface area contributed by atoms with Gasteiger partial charge in [-0.25, -0.2) is 4.79 Å². The van der Waals surface area contributed by atoms with Gasteiger partial charge in [0.2, 0.25) is 0 Å². The number of rotatable bonds is 5. The molecule has 1 saturated heterocycles. The minimum Gasteiger partial charge on any atom is -0.374 e. The van der Waals surface area contributed by atoms with E-state index < -0.39 is 25.1 Å². The van der Waals surface area contributed by atoms with Crippen LogP contribution in [0.2, 0.25) is 0 Å². The summed E-state index contributed by atoms with van der Waals surface area (Å²) in [7, 11) is -1.98. The molecule has 1 fully saturated rings. The molecule has 86 valence electrons. The number of carbonyl (C=O) groups is 2. The van der Waals surface area contributed by atoms with Crippen molar-refractivity contribution in [1.29, 1.82) is 0 Å². The molecule has 0 aromatic heterocycles. The number of methoxy groups -OCH3 is 1. The lowest BCUT2D eigenvalue weighted by Crippen LogP contribution is -2.31. The van der Waals surface area contributed by atoms with Crippen LogP contribution in [0.15, 0.2) is 0 Å². The molecule has 1 rings (SSSR count). The Morgan fingerprint density at radius 2 is 2.13 bits per heavy atom. The first-order chi connectivity index (χ1) is 7.03. The Morgan fingerprint density at radius 1 is 1.47 bits per heavy atom. The van der Waals surface area contributed by atoms with E-state index in [9.17, 15) is 14.2 Å². The number of hydrogen-bond acceptors (Lipinski definition) is 5. The van der Waals surface area contributed by atoms with E-state index in [4.69, 9.17) is 9.26 Å². The van der Waals surface area contributed by atoms with E-state index in [-0.39, 0.29) is 13.0 Å². The van der Waals surface area contributed by atoms with Gasteiger partial charge in [0.25, 0.3) is 13.3 Å². The molecule has 2 N–H and O–H groups in total. The first-order valence-corrected chi connectivity index (χ1v) is 6.25. The molecule has 0 radical (unpaired) electrons. The molecule has 1 heterocycles. The normalized spacial score (nSPS) is 24.5. The van der Waals surface area contributed by atoms with Gasteiger partial charge in [-0.1, -0.05) is 0 Å². The molecule has 8 heteroatoms. The Kier molecular flexibility index (Phi) is 3.84. The highest BCUT2D eigenvalue weighted by molar-refractivity contribution is 7.60. The molecule has 0 aromatic rings. The van der Waals surface area contributed by atoms with Gasteiger partial charge < -0.3 is 14.6 Å². The summed E-state index contributed by atoms with van der Waals surface area (Å²) in [6, 6.07) is -0.666. The minimum absolute atomic E-state index is 0.181. The van der Waals surface area contributed by atoms with Crippen molar-refractivity contribution < 1.29 is 23.4 Å². The minimum atomic E-state index is -3.33. The van der Waals surface area contributed by atoms with E-state index in [2.05, 4.69) is 5.32 Å². The van der Waals surface area contributed by atoms with Crippen LogP contribution < -0.4 is 10.6 Å². The standard InChI is InChI=1S/C7H13N2O5P/c1-3-14-15(12,4-13-2)6-5(10)8-7(11)9-6/h6H,3-4H2,1-2H3,(H2,8,9,10,11). The number of hydrogen-bond donors (Lipinski definition) is 2. The summed E-state index contributed by atoms with van der Waals surface area (Å²) >= 11 is 0. The Bertz CT molecular complexity index is 309. The Labute approximate surface area is 86.9 Å². The fourth-order valence-electron chi connectivity index (χ4n) is 1.27. The maximum absolute atomic E-state index is 12.1. The quantitative estimate of drug-likeness (QED) is 0.520. The van der Waals surface area contributed by atoms with Gasteiger partial charge in [-0.15, -0.1) is 0 Å². The van der Waals surface area contributed by atoms with E-state index in [0.29, 0.717) is 0 Å². The molecule has 0 saturated carbocycles. The fourth-order valence-corrected chi connectivity index (χ4v) is 3.17. The van der Waals surface area contributed by atoms with Crippen LogP contribution in [-0.4, -0.2) is 37.8 Å². The lowest BCUT2D eigenvalue weighted by molar-refractivity contribution is -0.118. The van der Waals surface area contributed by atoms with Crippen LogP contribution in [0.5, 0.6) is 0 Å². The molecule has 2 unspecified atom stereocenters. The highest BCUT2D eigenvalue weighted by atomic mass is 31.2. The summed E-state index contributed by atoms with van der Waals surface area (Å²) in [4.78, 5) is 22.1. The molecule has 0 aliphatic carbocycles. The Hall–Kier alpha value is -0.910. The second-order valence-electron chi connectivity index (χ2n) is 2.93. The zero-order valence-electron chi connectivity index (χ0n) is 8.48. The van der Waals surface area contributed by atoms with E-state index in [1.165, 1.54) is 7.11 Å². The van der Waals surface area contributed by atoms with Crippen molar-refractivity contribution in [1.82, 2.24) is 10.6 Å². The molecule has 3 amide bonds. The first-order valence-electron chi connectivity index (χ1n) is 4.37. The third kappa shape index (κ3) is 2.56. The largest absolute Gasteiger partial charge is 0.374 e. The van der Waals surface area contributed by atoms with Crippen molar-refractivity contribution in [3.8, 4) is 0 Å². The summed E-state index contributed by atoms with van der Waals surface area (Å²) in [6.07, 6.45) is -0.209. The Balaban J connectivity index is 2.84. The zero-order chi connectivity index (χ0) is 11.5. The van der Waals surface area contributed by atoms with Crippen LogP contribution in [0, 0.1) is 0 Å². The number of imide groups is 1. The van der Waals surface area contributed by atoms with E-state index >= 15 is 0 Å². The monoisotopic (exact) mass is 236 g/mol. The van der Waals surface area contributed by atoms with Gasteiger partial charge in [0.15, 0.2) is 5.78 Å². The summed E-state index contributed by atoms with van der Waals surface area (Å²) in [5.41, 5.74) is 0. The van der Waals surface area contributed by atoms with Gasteiger partial charge in [0.1, 0.15) is 6.35 Å². The molecular formula is C7H13N2O5P. The molecule has 0 spiro atoms. The third-order valence-electron chi connectivity index (χ3n) is 1.80. The average Bonchev–Trinajstić information content (AvgIpc) is 2.46. The van der Waals surface area contributed by atoms with Gasteiger partial charge in [-0.2, -0.15) is 0 Å². The van der Waals surface area contributed by atoms with Crippen molar-refractivity contribution in [2.75, 3.05) is 20.1 Å². The molecule has 2 atom stereocenters. The van der Waals surface area contributed by atoms with Crippen molar-refractivity contribution in [2.24, 2.45) is 0 Å². The topological polar surface area (TPSA) is 93.7 Å². The van der Waals surface area contributed by atoms with Gasteiger partial charge in [0, 0.05) is 7.11 Å². The van der Waals surface area contributed by atoms with Crippen LogP contribution in [0.25, 0.3) is 0 Å². The maximum Gasteiger partial charge on any atom is 0.322 e. The SMILES string of the molecule is CCOP(=O)(COC)C1NC(=O)NC1=O. The van der Waals surface area contributed by atoms with Crippen molar-refractivity contribution >= 4 is 19.3 Å². The molecular weight excluding hydrogens is 223 g/mol. The second-order valence-corrected chi connectivity index (χ2v) is 5.41.